The van der Waals surface area contributed by atoms with Crippen molar-refractivity contribution in [3.63, 3.8) is 0 Å². The van der Waals surface area contributed by atoms with Gasteiger partial charge in [0.2, 0.25) is 0 Å². The Morgan fingerprint density at radius 3 is 0.683 bits per heavy atom. The van der Waals surface area contributed by atoms with E-state index in [-0.39, 0.29) is 31.1 Å². The average Bonchev–Trinajstić information content (AvgIpc) is 3.48. The molecule has 0 aliphatic carbocycles. The van der Waals surface area contributed by atoms with Crippen LogP contribution in [0.3, 0.4) is 0 Å². The third-order valence-corrected chi connectivity index (χ3v) is 16.9. The molecule has 0 saturated heterocycles. The maximum Gasteiger partial charge on any atom is 0.306 e. The van der Waals surface area contributed by atoms with Crippen LogP contribution in [0.2, 0.25) is 0 Å². The molecule has 0 amide bonds. The van der Waals surface area contributed by atoms with Crippen LogP contribution in [-0.2, 0) is 28.6 Å². The Morgan fingerprint density at radius 2 is 0.439 bits per heavy atom. The number of unbranched alkanes of at least 4 members (excludes halogenated alkanes) is 52. The fraction of sp³-hybridized carbons (Fsp3) is 0.882. The van der Waals surface area contributed by atoms with E-state index in [2.05, 4.69) is 57.2 Å². The van der Waals surface area contributed by atoms with Crippen LogP contribution in [0.1, 0.15) is 412 Å². The first-order valence-corrected chi connectivity index (χ1v) is 37.0. The third kappa shape index (κ3) is 68.4. The van der Waals surface area contributed by atoms with Crippen molar-refractivity contribution >= 4 is 17.9 Å². The van der Waals surface area contributed by atoms with Crippen LogP contribution in [0, 0.1) is 0 Å². The van der Waals surface area contributed by atoms with Crippen molar-refractivity contribution in [2.24, 2.45) is 0 Å². The first-order valence-electron chi connectivity index (χ1n) is 37.0. The normalized spacial score (nSPS) is 12.2. The maximum atomic E-state index is 13.0. The van der Waals surface area contributed by atoms with Crippen molar-refractivity contribution < 1.29 is 28.6 Å². The van der Waals surface area contributed by atoms with Crippen molar-refractivity contribution in [3.8, 4) is 0 Å². The molecule has 0 fully saturated rings. The molecular formula is C76H142O6. The molecule has 0 radical (unpaired) electrons. The lowest BCUT2D eigenvalue weighted by molar-refractivity contribution is -0.167. The molecule has 1 unspecified atom stereocenters. The molecule has 482 valence electrons. The largest absolute Gasteiger partial charge is 0.462 e. The maximum absolute atomic E-state index is 13.0. The van der Waals surface area contributed by atoms with Crippen LogP contribution in [0.5, 0.6) is 0 Å². The van der Waals surface area contributed by atoms with Crippen molar-refractivity contribution in [1.29, 1.82) is 0 Å². The molecule has 0 bridgehead atoms. The molecule has 82 heavy (non-hydrogen) atoms. The minimum atomic E-state index is -0.768. The van der Waals surface area contributed by atoms with Crippen LogP contribution in [-0.4, -0.2) is 37.2 Å². The van der Waals surface area contributed by atoms with Crippen molar-refractivity contribution in [1.82, 2.24) is 0 Å². The molecule has 0 N–H and O–H groups in total. The molecular weight excluding hydrogens is 1010 g/mol. The van der Waals surface area contributed by atoms with Gasteiger partial charge in [-0.2, -0.15) is 0 Å². The second kappa shape index (κ2) is 71.1. The molecule has 6 nitrogen and oxygen atoms in total. The van der Waals surface area contributed by atoms with Crippen LogP contribution < -0.4 is 0 Å². The number of carbonyl (C=O) groups excluding carboxylic acids is 3. The standard InChI is InChI=1S/C76H142O6/c1-4-7-10-13-16-19-22-25-28-31-32-33-34-35-36-37-38-39-40-41-42-43-44-46-48-51-54-57-60-63-66-69-75(78)81-72-73(71-80-74(77)68-65-62-59-56-53-50-47-30-27-24-21-18-15-12-9-6-3)82-76(79)70-67-64-61-58-55-52-49-45-29-26-23-20-17-14-11-8-5-2/h22,25,31-32,34-35,73H,4-21,23-24,26-30,33,36-72H2,1-3H3/b25-22-,32-31-,35-34-. The number of carbonyl (C=O) groups is 3. The molecule has 0 aromatic heterocycles. The third-order valence-electron chi connectivity index (χ3n) is 16.9. The fourth-order valence-corrected chi connectivity index (χ4v) is 11.3. The van der Waals surface area contributed by atoms with Gasteiger partial charge in [-0.05, 0) is 57.8 Å². The van der Waals surface area contributed by atoms with Gasteiger partial charge in [-0.3, -0.25) is 14.4 Å². The highest BCUT2D eigenvalue weighted by molar-refractivity contribution is 5.71. The molecule has 0 saturated carbocycles. The summed E-state index contributed by atoms with van der Waals surface area (Å²) in [6.07, 6.45) is 88.9. The molecule has 0 aromatic carbocycles. The highest BCUT2D eigenvalue weighted by Crippen LogP contribution is 2.19. The summed E-state index contributed by atoms with van der Waals surface area (Å²) in [4.78, 5) is 38.5. The highest BCUT2D eigenvalue weighted by atomic mass is 16.6. The molecule has 0 rings (SSSR count). The van der Waals surface area contributed by atoms with Crippen molar-refractivity contribution in [3.05, 3.63) is 36.5 Å². The number of hydrogen-bond donors (Lipinski definition) is 0. The summed E-state index contributed by atoms with van der Waals surface area (Å²) in [6, 6.07) is 0. The Labute approximate surface area is 512 Å². The molecule has 1 atom stereocenters. The van der Waals surface area contributed by atoms with E-state index in [0.29, 0.717) is 19.3 Å². The summed E-state index contributed by atoms with van der Waals surface area (Å²) in [5.74, 6) is -0.829. The Hall–Kier alpha value is -2.37. The zero-order valence-corrected chi connectivity index (χ0v) is 55.5. The molecule has 0 aromatic rings. The van der Waals surface area contributed by atoms with Gasteiger partial charge in [0.05, 0.1) is 0 Å². The number of esters is 3. The van der Waals surface area contributed by atoms with E-state index in [1.54, 1.807) is 0 Å². The summed E-state index contributed by atoms with van der Waals surface area (Å²) in [7, 11) is 0. The zero-order valence-electron chi connectivity index (χ0n) is 55.5. The lowest BCUT2D eigenvalue weighted by atomic mass is 10.0. The molecule has 0 heterocycles. The first-order chi connectivity index (χ1) is 40.5. The number of allylic oxidation sites excluding steroid dienone is 6. The molecule has 0 aliphatic heterocycles. The summed E-state index contributed by atoms with van der Waals surface area (Å²) in [5.41, 5.74) is 0. The van der Waals surface area contributed by atoms with Crippen molar-refractivity contribution in [2.45, 2.75) is 419 Å². The minimum absolute atomic E-state index is 0.0642. The van der Waals surface area contributed by atoms with E-state index in [1.165, 1.54) is 302 Å². The van der Waals surface area contributed by atoms with Crippen LogP contribution >= 0.6 is 0 Å². The lowest BCUT2D eigenvalue weighted by Gasteiger charge is -2.18. The topological polar surface area (TPSA) is 78.9 Å². The number of ether oxygens (including phenoxy) is 3. The number of hydrogen-bond acceptors (Lipinski definition) is 6. The minimum Gasteiger partial charge on any atom is -0.462 e. The highest BCUT2D eigenvalue weighted by Gasteiger charge is 2.20. The van der Waals surface area contributed by atoms with Gasteiger partial charge in [-0.15, -0.1) is 0 Å². The monoisotopic (exact) mass is 1150 g/mol. The van der Waals surface area contributed by atoms with Crippen LogP contribution in [0.25, 0.3) is 0 Å². The Balaban J connectivity index is 4.18. The Kier molecular flexibility index (Phi) is 69.1. The Morgan fingerprint density at radius 1 is 0.244 bits per heavy atom. The van der Waals surface area contributed by atoms with Gasteiger partial charge in [0.25, 0.3) is 0 Å². The van der Waals surface area contributed by atoms with E-state index in [4.69, 9.17) is 14.2 Å². The van der Waals surface area contributed by atoms with E-state index >= 15 is 0 Å². The summed E-state index contributed by atoms with van der Waals surface area (Å²) >= 11 is 0. The van der Waals surface area contributed by atoms with Crippen molar-refractivity contribution in [2.75, 3.05) is 13.2 Å². The van der Waals surface area contributed by atoms with Gasteiger partial charge in [0.1, 0.15) is 13.2 Å². The van der Waals surface area contributed by atoms with E-state index < -0.39 is 6.10 Å². The predicted octanol–water partition coefficient (Wildman–Crippen LogP) is 25.5. The molecule has 0 spiro atoms. The van der Waals surface area contributed by atoms with Gasteiger partial charge in [-0.25, -0.2) is 0 Å². The second-order valence-electron chi connectivity index (χ2n) is 25.2. The summed E-state index contributed by atoms with van der Waals surface area (Å²) in [5, 5.41) is 0. The number of rotatable bonds is 69. The average molecular weight is 1150 g/mol. The van der Waals surface area contributed by atoms with Crippen LogP contribution in [0.4, 0.5) is 0 Å². The lowest BCUT2D eigenvalue weighted by Crippen LogP contribution is -2.30. The van der Waals surface area contributed by atoms with E-state index in [0.717, 1.165) is 70.6 Å². The van der Waals surface area contributed by atoms with Gasteiger partial charge in [-0.1, -0.05) is 372 Å². The van der Waals surface area contributed by atoms with Crippen LogP contribution in [0.15, 0.2) is 36.5 Å². The summed E-state index contributed by atoms with van der Waals surface area (Å²) in [6.45, 7) is 6.72. The fourth-order valence-electron chi connectivity index (χ4n) is 11.3. The van der Waals surface area contributed by atoms with Gasteiger partial charge >= 0.3 is 17.9 Å². The van der Waals surface area contributed by atoms with E-state index in [1.807, 2.05) is 0 Å². The molecule has 0 aliphatic rings. The zero-order chi connectivity index (χ0) is 59.2. The quantitative estimate of drug-likeness (QED) is 0.0261. The van der Waals surface area contributed by atoms with Gasteiger partial charge < -0.3 is 14.2 Å². The van der Waals surface area contributed by atoms with E-state index in [9.17, 15) is 14.4 Å². The molecule has 6 heteroatoms. The summed E-state index contributed by atoms with van der Waals surface area (Å²) < 4.78 is 17.0. The van der Waals surface area contributed by atoms with Gasteiger partial charge in [0, 0.05) is 19.3 Å². The smallest absolute Gasteiger partial charge is 0.306 e. The Bertz CT molecular complexity index is 1370. The first kappa shape index (κ1) is 79.6. The second-order valence-corrected chi connectivity index (χ2v) is 25.2. The SMILES string of the molecule is CCCCCCC/C=C\C/C=C\C/C=C\CCCCCCCCCCCCCCCCCCC(=O)OCC(COC(=O)CCCCCCCCCCCCCCCCCC)OC(=O)CCCCCCCCCCCCCCCCCCC. The van der Waals surface area contributed by atoms with Gasteiger partial charge in [0.15, 0.2) is 6.10 Å². The predicted molar refractivity (Wildman–Crippen MR) is 358 cm³/mol.